The number of carbonyl (C=O) groups is 2. The van der Waals surface area contributed by atoms with Crippen molar-refractivity contribution in [3.05, 3.63) is 10.4 Å². The third-order valence-corrected chi connectivity index (χ3v) is 2.95. The number of hydrogen-bond acceptors (Lipinski definition) is 8. The SMILES string of the molecule is [N-]=[N+]=NCCOCCOCCOC(=O)N[C@@H](CS(=O)(=O)O)C(=O)O. The van der Waals surface area contributed by atoms with Crippen LogP contribution in [-0.4, -0.2) is 81.5 Å². The van der Waals surface area contributed by atoms with E-state index in [-0.39, 0.29) is 39.6 Å². The molecule has 0 aliphatic rings. The first kappa shape index (κ1) is 21.9. The van der Waals surface area contributed by atoms with E-state index in [1.54, 1.807) is 5.32 Å². The summed E-state index contributed by atoms with van der Waals surface area (Å²) in [6.07, 6.45) is -1.17. The van der Waals surface area contributed by atoms with Gasteiger partial charge >= 0.3 is 12.1 Å². The van der Waals surface area contributed by atoms with Crippen molar-refractivity contribution in [1.82, 2.24) is 5.32 Å². The lowest BCUT2D eigenvalue weighted by Crippen LogP contribution is -2.45. The summed E-state index contributed by atoms with van der Waals surface area (Å²) in [4.78, 5) is 24.6. The van der Waals surface area contributed by atoms with E-state index in [4.69, 9.17) is 24.7 Å². The van der Waals surface area contributed by atoms with Crippen LogP contribution in [0.25, 0.3) is 10.4 Å². The zero-order valence-electron chi connectivity index (χ0n) is 12.5. The normalized spacial score (nSPS) is 12.0. The number of aliphatic carboxylic acids is 1. The number of amides is 1. The summed E-state index contributed by atoms with van der Waals surface area (Å²) < 4.78 is 44.5. The van der Waals surface area contributed by atoms with E-state index < -0.39 is 34.0 Å². The Bertz CT molecular complexity index is 547. The van der Waals surface area contributed by atoms with Gasteiger partial charge in [0.05, 0.1) is 26.4 Å². The topological polar surface area (TPSA) is 197 Å². The van der Waals surface area contributed by atoms with Gasteiger partial charge in [-0.2, -0.15) is 8.42 Å². The molecule has 138 valence electrons. The van der Waals surface area contributed by atoms with E-state index in [0.29, 0.717) is 0 Å². The lowest BCUT2D eigenvalue weighted by Gasteiger charge is -2.13. The first-order valence-corrected chi connectivity index (χ1v) is 8.14. The molecule has 0 aromatic carbocycles. The monoisotopic (exact) mass is 370 g/mol. The van der Waals surface area contributed by atoms with Gasteiger partial charge in [-0.05, 0) is 5.53 Å². The highest BCUT2D eigenvalue weighted by atomic mass is 32.2. The molecule has 14 heteroatoms. The van der Waals surface area contributed by atoms with Gasteiger partial charge in [-0.15, -0.1) is 0 Å². The molecule has 0 fully saturated rings. The number of azide groups is 1. The highest BCUT2D eigenvalue weighted by molar-refractivity contribution is 7.85. The minimum Gasteiger partial charge on any atom is -0.480 e. The van der Waals surface area contributed by atoms with Crippen molar-refractivity contribution in [3.63, 3.8) is 0 Å². The Morgan fingerprint density at radius 3 is 2.29 bits per heavy atom. The van der Waals surface area contributed by atoms with Crippen LogP contribution in [0.3, 0.4) is 0 Å². The molecule has 3 N–H and O–H groups in total. The lowest BCUT2D eigenvalue weighted by molar-refractivity contribution is -0.138. The molecule has 0 saturated heterocycles. The van der Waals surface area contributed by atoms with E-state index in [1.807, 2.05) is 0 Å². The maximum absolute atomic E-state index is 11.3. The Labute approximate surface area is 137 Å². The van der Waals surface area contributed by atoms with Crippen molar-refractivity contribution in [2.45, 2.75) is 6.04 Å². The summed E-state index contributed by atoms with van der Waals surface area (Å²) in [5.74, 6) is -2.82. The zero-order valence-corrected chi connectivity index (χ0v) is 13.3. The van der Waals surface area contributed by atoms with Gasteiger partial charge in [0.1, 0.15) is 18.4 Å². The number of hydrogen-bond donors (Lipinski definition) is 3. The highest BCUT2D eigenvalue weighted by Crippen LogP contribution is 1.93. The Morgan fingerprint density at radius 1 is 1.17 bits per heavy atom. The lowest BCUT2D eigenvalue weighted by atomic mass is 10.3. The maximum atomic E-state index is 11.3. The van der Waals surface area contributed by atoms with Crippen LogP contribution in [0.15, 0.2) is 5.11 Å². The Morgan fingerprint density at radius 2 is 1.75 bits per heavy atom. The molecule has 1 atom stereocenters. The molecular formula is C10H18N4O9S. The minimum atomic E-state index is -4.57. The van der Waals surface area contributed by atoms with Crippen molar-refractivity contribution in [3.8, 4) is 0 Å². The van der Waals surface area contributed by atoms with Crippen LogP contribution >= 0.6 is 0 Å². The molecule has 0 aliphatic carbocycles. The van der Waals surface area contributed by atoms with Crippen LogP contribution in [0.5, 0.6) is 0 Å². The number of ether oxygens (including phenoxy) is 3. The van der Waals surface area contributed by atoms with Crippen molar-refractivity contribution < 1.29 is 41.9 Å². The molecule has 0 aromatic rings. The fraction of sp³-hybridized carbons (Fsp3) is 0.800. The van der Waals surface area contributed by atoms with Crippen molar-refractivity contribution >= 4 is 22.2 Å². The second-order valence-electron chi connectivity index (χ2n) is 4.10. The molecule has 0 bridgehead atoms. The molecule has 0 heterocycles. The van der Waals surface area contributed by atoms with Crippen molar-refractivity contribution in [1.29, 1.82) is 0 Å². The van der Waals surface area contributed by atoms with Gasteiger partial charge in [-0.25, -0.2) is 9.59 Å². The minimum absolute atomic E-state index is 0.00314. The van der Waals surface area contributed by atoms with Gasteiger partial charge in [0, 0.05) is 11.5 Å². The molecule has 0 spiro atoms. The molecule has 0 unspecified atom stereocenters. The predicted molar refractivity (Wildman–Crippen MR) is 78.0 cm³/mol. The number of carboxylic acid groups (broad SMARTS) is 1. The number of rotatable bonds is 13. The van der Waals surface area contributed by atoms with Crippen LogP contribution in [-0.2, 0) is 29.1 Å². The second kappa shape index (κ2) is 12.3. The first-order chi connectivity index (χ1) is 11.3. The molecule has 1 amide bonds. The molecule has 24 heavy (non-hydrogen) atoms. The van der Waals surface area contributed by atoms with Crippen LogP contribution in [0.1, 0.15) is 0 Å². The van der Waals surface area contributed by atoms with Gasteiger partial charge in [0.15, 0.2) is 0 Å². The summed E-state index contributed by atoms with van der Waals surface area (Å²) in [6, 6.07) is -1.84. The number of carboxylic acids is 1. The summed E-state index contributed by atoms with van der Waals surface area (Å²) in [7, 11) is -4.57. The summed E-state index contributed by atoms with van der Waals surface area (Å²) in [5.41, 5.74) is 8.01. The summed E-state index contributed by atoms with van der Waals surface area (Å²) >= 11 is 0. The molecule has 0 aliphatic heterocycles. The number of nitrogens with one attached hydrogen (secondary N) is 1. The van der Waals surface area contributed by atoms with Gasteiger partial charge in [-0.1, -0.05) is 5.11 Å². The van der Waals surface area contributed by atoms with E-state index in [0.717, 1.165) is 0 Å². The fourth-order valence-electron chi connectivity index (χ4n) is 1.23. The van der Waals surface area contributed by atoms with E-state index in [1.165, 1.54) is 0 Å². The molecule has 0 aromatic heterocycles. The van der Waals surface area contributed by atoms with Gasteiger partial charge < -0.3 is 24.6 Å². The van der Waals surface area contributed by atoms with Crippen molar-refractivity contribution in [2.24, 2.45) is 5.11 Å². The molecule has 0 radical (unpaired) electrons. The molecule has 13 nitrogen and oxygen atoms in total. The maximum Gasteiger partial charge on any atom is 0.407 e. The number of alkyl carbamates (subject to hydrolysis) is 1. The largest absolute Gasteiger partial charge is 0.480 e. The van der Waals surface area contributed by atoms with Crippen LogP contribution in [0.4, 0.5) is 4.79 Å². The fourth-order valence-corrected chi connectivity index (χ4v) is 1.88. The Hall–Kier alpha value is -2.12. The third-order valence-electron chi connectivity index (χ3n) is 2.20. The van der Waals surface area contributed by atoms with Crippen molar-refractivity contribution in [2.75, 3.05) is 45.3 Å². The van der Waals surface area contributed by atoms with E-state index in [9.17, 15) is 18.0 Å². The average molecular weight is 370 g/mol. The van der Waals surface area contributed by atoms with Gasteiger partial charge in [-0.3, -0.25) is 4.55 Å². The quantitative estimate of drug-likeness (QED) is 0.124. The smallest absolute Gasteiger partial charge is 0.407 e. The zero-order chi connectivity index (χ0) is 18.4. The second-order valence-corrected chi connectivity index (χ2v) is 5.60. The van der Waals surface area contributed by atoms with Gasteiger partial charge in [0.25, 0.3) is 10.1 Å². The first-order valence-electron chi connectivity index (χ1n) is 6.54. The Balaban J connectivity index is 3.77. The summed E-state index contributed by atoms with van der Waals surface area (Å²) in [6.45, 7) is 0.682. The highest BCUT2D eigenvalue weighted by Gasteiger charge is 2.26. The van der Waals surface area contributed by atoms with E-state index in [2.05, 4.69) is 14.8 Å². The standard InChI is InChI=1S/C10H18N4O9S/c11-14-12-1-2-21-3-4-22-5-6-23-10(17)13-8(9(15)16)7-24(18,19)20/h8H,1-7H2,(H,13,17)(H,15,16)(H,18,19,20)/t8-/m0/s1. The number of carbonyl (C=O) groups excluding carboxylic acids is 1. The van der Waals surface area contributed by atoms with Crippen LogP contribution < -0.4 is 5.32 Å². The van der Waals surface area contributed by atoms with Crippen LogP contribution in [0.2, 0.25) is 0 Å². The molecule has 0 rings (SSSR count). The summed E-state index contributed by atoms with van der Waals surface area (Å²) in [5, 5.41) is 13.8. The molecule has 0 saturated carbocycles. The number of nitrogens with zero attached hydrogens (tertiary/aromatic N) is 3. The average Bonchev–Trinajstić information content (AvgIpc) is 2.47. The third kappa shape index (κ3) is 13.5. The Kier molecular flexibility index (Phi) is 11.2. The van der Waals surface area contributed by atoms with E-state index >= 15 is 0 Å². The van der Waals surface area contributed by atoms with Crippen LogP contribution in [0, 0.1) is 0 Å². The predicted octanol–water partition coefficient (Wildman–Crippen LogP) is -0.603. The van der Waals surface area contributed by atoms with Gasteiger partial charge in [0.2, 0.25) is 0 Å². The molecular weight excluding hydrogens is 352 g/mol.